The highest BCUT2D eigenvalue weighted by Gasteiger charge is 2.22. The van der Waals surface area contributed by atoms with Crippen LogP contribution in [0.1, 0.15) is 30.1 Å². The number of nitro groups is 1. The quantitative estimate of drug-likeness (QED) is 0.600. The third-order valence-corrected chi connectivity index (χ3v) is 2.59. The van der Waals surface area contributed by atoms with Crippen LogP contribution in [-0.4, -0.2) is 27.9 Å². The molecule has 2 N–H and O–H groups in total. The summed E-state index contributed by atoms with van der Waals surface area (Å²) in [5, 5.41) is 22.0. The highest BCUT2D eigenvalue weighted by molar-refractivity contribution is 5.98. The molecule has 7 heteroatoms. The molecular weight excluding hydrogens is 252 g/mol. The van der Waals surface area contributed by atoms with Gasteiger partial charge in [-0.3, -0.25) is 19.7 Å². The van der Waals surface area contributed by atoms with Crippen LogP contribution in [0, 0.1) is 10.1 Å². The van der Waals surface area contributed by atoms with Gasteiger partial charge in [0.25, 0.3) is 11.6 Å². The maximum atomic E-state index is 11.9. The molecule has 1 aromatic rings. The van der Waals surface area contributed by atoms with Crippen LogP contribution in [0.15, 0.2) is 24.3 Å². The van der Waals surface area contributed by atoms with E-state index in [1.165, 1.54) is 24.3 Å². The summed E-state index contributed by atoms with van der Waals surface area (Å²) in [5.41, 5.74) is -0.374. The predicted octanol–water partition coefficient (Wildman–Crippen LogP) is 1.58. The number of hydrogen-bond donors (Lipinski definition) is 2. The number of carbonyl (C=O) groups excluding carboxylic acids is 1. The number of rotatable bonds is 6. The molecule has 0 heterocycles. The molecule has 0 radical (unpaired) electrons. The van der Waals surface area contributed by atoms with Gasteiger partial charge in [0, 0.05) is 12.1 Å². The van der Waals surface area contributed by atoms with Crippen molar-refractivity contribution in [2.24, 2.45) is 0 Å². The van der Waals surface area contributed by atoms with E-state index in [9.17, 15) is 19.7 Å². The minimum Gasteiger partial charge on any atom is -0.481 e. The van der Waals surface area contributed by atoms with Crippen molar-refractivity contribution in [3.05, 3.63) is 39.9 Å². The Balaban J connectivity index is 2.88. The van der Waals surface area contributed by atoms with E-state index < -0.39 is 22.8 Å². The molecule has 0 aliphatic rings. The fourth-order valence-corrected chi connectivity index (χ4v) is 1.60. The fourth-order valence-electron chi connectivity index (χ4n) is 1.60. The Morgan fingerprint density at radius 3 is 2.58 bits per heavy atom. The van der Waals surface area contributed by atoms with Crippen LogP contribution in [-0.2, 0) is 4.79 Å². The Labute approximate surface area is 109 Å². The number of nitrogens with one attached hydrogen (secondary N) is 1. The number of benzene rings is 1. The number of carbonyl (C=O) groups is 2. The van der Waals surface area contributed by atoms with Crippen molar-refractivity contribution in [2.75, 3.05) is 0 Å². The van der Waals surface area contributed by atoms with Crippen molar-refractivity contribution in [2.45, 2.75) is 25.8 Å². The predicted molar refractivity (Wildman–Crippen MR) is 66.9 cm³/mol. The first kappa shape index (κ1) is 14.6. The topological polar surface area (TPSA) is 110 Å². The number of hydrogen-bond acceptors (Lipinski definition) is 4. The Morgan fingerprint density at radius 1 is 1.42 bits per heavy atom. The van der Waals surface area contributed by atoms with Gasteiger partial charge in [0.05, 0.1) is 11.3 Å². The highest BCUT2D eigenvalue weighted by Crippen LogP contribution is 2.17. The number of carboxylic acid groups (broad SMARTS) is 1. The number of carboxylic acids is 1. The minimum atomic E-state index is -1.03. The van der Waals surface area contributed by atoms with Crippen LogP contribution in [0.25, 0.3) is 0 Å². The van der Waals surface area contributed by atoms with Gasteiger partial charge in [0.2, 0.25) is 0 Å². The first-order chi connectivity index (χ1) is 8.95. The first-order valence-electron chi connectivity index (χ1n) is 5.71. The van der Waals surface area contributed by atoms with Crippen molar-refractivity contribution in [3.8, 4) is 0 Å². The zero-order valence-electron chi connectivity index (χ0n) is 10.3. The zero-order valence-corrected chi connectivity index (χ0v) is 10.3. The van der Waals surface area contributed by atoms with Crippen molar-refractivity contribution in [1.82, 2.24) is 5.32 Å². The lowest BCUT2D eigenvalue weighted by Gasteiger charge is -2.14. The average molecular weight is 266 g/mol. The van der Waals surface area contributed by atoms with E-state index in [1.54, 1.807) is 6.92 Å². The maximum Gasteiger partial charge on any atom is 0.305 e. The molecule has 1 unspecified atom stereocenters. The van der Waals surface area contributed by atoms with E-state index in [4.69, 9.17) is 5.11 Å². The number of aliphatic carboxylic acids is 1. The summed E-state index contributed by atoms with van der Waals surface area (Å²) < 4.78 is 0. The van der Waals surface area contributed by atoms with Gasteiger partial charge in [-0.25, -0.2) is 0 Å². The lowest BCUT2D eigenvalue weighted by Crippen LogP contribution is -2.36. The molecule has 19 heavy (non-hydrogen) atoms. The van der Waals surface area contributed by atoms with Gasteiger partial charge in [-0.05, 0) is 12.5 Å². The van der Waals surface area contributed by atoms with E-state index in [1.807, 2.05) is 0 Å². The Morgan fingerprint density at radius 2 is 2.05 bits per heavy atom. The van der Waals surface area contributed by atoms with Crippen LogP contribution in [0.4, 0.5) is 5.69 Å². The molecular formula is C12H14N2O5. The van der Waals surface area contributed by atoms with E-state index in [-0.39, 0.29) is 17.7 Å². The van der Waals surface area contributed by atoms with Gasteiger partial charge in [0.15, 0.2) is 0 Å². The number of nitrogens with zero attached hydrogens (tertiary/aromatic N) is 1. The lowest BCUT2D eigenvalue weighted by atomic mass is 10.1. The van der Waals surface area contributed by atoms with E-state index in [0.717, 1.165) is 0 Å². The lowest BCUT2D eigenvalue weighted by molar-refractivity contribution is -0.385. The molecule has 1 amide bonds. The van der Waals surface area contributed by atoms with Gasteiger partial charge in [0.1, 0.15) is 5.56 Å². The van der Waals surface area contributed by atoms with Gasteiger partial charge in [-0.1, -0.05) is 19.1 Å². The molecule has 0 bridgehead atoms. The minimum absolute atomic E-state index is 0.0728. The van der Waals surface area contributed by atoms with Gasteiger partial charge in [-0.2, -0.15) is 0 Å². The molecule has 102 valence electrons. The van der Waals surface area contributed by atoms with Crippen LogP contribution in [0.5, 0.6) is 0 Å². The van der Waals surface area contributed by atoms with Crippen molar-refractivity contribution < 1.29 is 19.6 Å². The van der Waals surface area contributed by atoms with Crippen LogP contribution >= 0.6 is 0 Å². The second-order valence-electron chi connectivity index (χ2n) is 3.95. The molecule has 0 saturated carbocycles. The summed E-state index contributed by atoms with van der Waals surface area (Å²) in [7, 11) is 0. The Hall–Kier alpha value is -2.44. The summed E-state index contributed by atoms with van der Waals surface area (Å²) in [5.74, 6) is -1.67. The van der Waals surface area contributed by atoms with Crippen LogP contribution in [0.2, 0.25) is 0 Å². The van der Waals surface area contributed by atoms with Crippen molar-refractivity contribution in [1.29, 1.82) is 0 Å². The standard InChI is InChI=1S/C12H14N2O5/c1-2-8(7-11(15)16)13-12(17)9-5-3-4-6-10(9)14(18)19/h3-6,8H,2,7H2,1H3,(H,13,17)(H,15,16). The van der Waals surface area contributed by atoms with Gasteiger partial charge >= 0.3 is 5.97 Å². The summed E-state index contributed by atoms with van der Waals surface area (Å²) >= 11 is 0. The largest absolute Gasteiger partial charge is 0.481 e. The zero-order chi connectivity index (χ0) is 14.4. The molecule has 0 aromatic heterocycles. The second kappa shape index (κ2) is 6.48. The summed E-state index contributed by atoms with van der Waals surface area (Å²) in [6, 6.07) is 4.99. The second-order valence-corrected chi connectivity index (χ2v) is 3.95. The Kier molecular flexibility index (Phi) is 4.99. The maximum absolute atomic E-state index is 11.9. The molecule has 0 aliphatic carbocycles. The van der Waals surface area contributed by atoms with Crippen molar-refractivity contribution >= 4 is 17.6 Å². The summed E-state index contributed by atoms with van der Waals surface area (Å²) in [6.07, 6.45) is 0.210. The highest BCUT2D eigenvalue weighted by atomic mass is 16.6. The van der Waals surface area contributed by atoms with Gasteiger partial charge in [-0.15, -0.1) is 0 Å². The smallest absolute Gasteiger partial charge is 0.305 e. The summed E-state index contributed by atoms with van der Waals surface area (Å²) in [4.78, 5) is 32.7. The van der Waals surface area contributed by atoms with E-state index in [0.29, 0.717) is 6.42 Å². The fraction of sp³-hybridized carbons (Fsp3) is 0.333. The van der Waals surface area contributed by atoms with Gasteiger partial charge < -0.3 is 10.4 Å². The molecule has 0 fully saturated rings. The summed E-state index contributed by atoms with van der Waals surface area (Å²) in [6.45, 7) is 1.73. The molecule has 1 rings (SSSR count). The molecule has 7 nitrogen and oxygen atoms in total. The Bertz CT molecular complexity index is 501. The molecule has 0 aliphatic heterocycles. The molecule has 1 atom stereocenters. The molecule has 0 spiro atoms. The number of nitro benzene ring substituents is 1. The third-order valence-electron chi connectivity index (χ3n) is 2.59. The third kappa shape index (κ3) is 4.06. The average Bonchev–Trinajstić information content (AvgIpc) is 2.37. The normalized spacial score (nSPS) is 11.6. The van der Waals surface area contributed by atoms with Crippen molar-refractivity contribution in [3.63, 3.8) is 0 Å². The number of para-hydroxylation sites is 1. The molecule has 0 saturated heterocycles. The first-order valence-corrected chi connectivity index (χ1v) is 5.71. The number of amides is 1. The van der Waals surface area contributed by atoms with E-state index in [2.05, 4.69) is 5.32 Å². The van der Waals surface area contributed by atoms with Crippen LogP contribution in [0.3, 0.4) is 0 Å². The SMILES string of the molecule is CCC(CC(=O)O)NC(=O)c1ccccc1[N+](=O)[O-]. The molecule has 1 aromatic carbocycles. The van der Waals surface area contributed by atoms with Crippen LogP contribution < -0.4 is 5.32 Å². The van der Waals surface area contributed by atoms with E-state index >= 15 is 0 Å². The monoisotopic (exact) mass is 266 g/mol.